The molecule has 3 aliphatic carbocycles. The third kappa shape index (κ3) is 2.05. The van der Waals surface area contributed by atoms with E-state index in [4.69, 9.17) is 9.47 Å². The summed E-state index contributed by atoms with van der Waals surface area (Å²) < 4.78 is 12.5. The van der Waals surface area contributed by atoms with E-state index in [0.29, 0.717) is 57.0 Å². The average Bonchev–Trinajstić information content (AvgIpc) is 3.43. The van der Waals surface area contributed by atoms with Crippen molar-refractivity contribution in [2.75, 3.05) is 19.7 Å². The number of phenolic OH excluding ortho intramolecular Hbond substituents is 1. The van der Waals surface area contributed by atoms with Crippen LogP contribution in [-0.4, -0.2) is 53.0 Å². The van der Waals surface area contributed by atoms with Gasteiger partial charge in [0.1, 0.15) is 11.6 Å². The van der Waals surface area contributed by atoms with Crippen LogP contribution in [0.3, 0.4) is 0 Å². The van der Waals surface area contributed by atoms with Crippen LogP contribution in [0.1, 0.15) is 43.2 Å². The van der Waals surface area contributed by atoms with Gasteiger partial charge in [-0.15, -0.1) is 6.58 Å². The Hall–Kier alpha value is -1.89. The van der Waals surface area contributed by atoms with Gasteiger partial charge < -0.3 is 24.4 Å². The Balaban J connectivity index is 1.61. The van der Waals surface area contributed by atoms with Crippen molar-refractivity contribution in [3.8, 4) is 11.5 Å². The van der Waals surface area contributed by atoms with Crippen molar-refractivity contribution >= 4 is 5.78 Å². The number of hydrogen-bond acceptors (Lipinski definition) is 5. The van der Waals surface area contributed by atoms with Crippen molar-refractivity contribution in [1.29, 1.82) is 0 Å². The Morgan fingerprint density at radius 3 is 2.97 bits per heavy atom. The van der Waals surface area contributed by atoms with Gasteiger partial charge in [-0.1, -0.05) is 12.1 Å². The molecular formula is C23H27NO5. The van der Waals surface area contributed by atoms with Crippen molar-refractivity contribution in [2.24, 2.45) is 5.92 Å². The third-order valence-corrected chi connectivity index (χ3v) is 8.27. The van der Waals surface area contributed by atoms with E-state index in [9.17, 15) is 15.1 Å². The van der Waals surface area contributed by atoms with E-state index < -0.39 is 17.1 Å². The number of aromatic hydroxyl groups is 1. The Morgan fingerprint density at radius 1 is 1.38 bits per heavy atom. The van der Waals surface area contributed by atoms with Gasteiger partial charge in [0.25, 0.3) is 0 Å². The van der Waals surface area contributed by atoms with Crippen LogP contribution in [0, 0.1) is 11.1 Å². The number of ketones is 1. The molecule has 1 aromatic rings. The van der Waals surface area contributed by atoms with Crippen molar-refractivity contribution in [2.45, 2.75) is 61.7 Å². The standard InChI is InChI=1S/C23H27NO5/c1-2-11-28-23-8-7-17(26)21-22(23)9-10-24(27,13-14-3-4-14)18(23)12-15-5-6-16(25)20(29-21)19(15)22/h2,5-6,14,18,21,25H,1,3-4,7-13H2/t18-,21+,22+,23-,24?/m1/s1. The fourth-order valence-corrected chi connectivity index (χ4v) is 7.01. The normalized spacial score (nSPS) is 41.6. The molecule has 1 spiro atoms. The molecule has 2 aliphatic heterocycles. The topological polar surface area (TPSA) is 78.8 Å². The highest BCUT2D eigenvalue weighted by atomic mass is 16.6. The number of phenols is 1. The molecule has 1 N–H and O–H groups in total. The first-order valence-corrected chi connectivity index (χ1v) is 10.8. The Bertz CT molecular complexity index is 922. The van der Waals surface area contributed by atoms with Crippen LogP contribution < -0.4 is 4.74 Å². The summed E-state index contributed by atoms with van der Waals surface area (Å²) in [6.45, 7) is 5.28. The second-order valence-corrected chi connectivity index (χ2v) is 9.64. The van der Waals surface area contributed by atoms with Crippen molar-refractivity contribution in [3.05, 3.63) is 41.1 Å². The number of rotatable bonds is 5. The van der Waals surface area contributed by atoms with E-state index in [1.54, 1.807) is 12.1 Å². The predicted molar refractivity (Wildman–Crippen MR) is 106 cm³/mol. The summed E-state index contributed by atoms with van der Waals surface area (Å²) in [7, 11) is 0. The highest BCUT2D eigenvalue weighted by Crippen LogP contribution is 2.67. The Morgan fingerprint density at radius 2 is 2.21 bits per heavy atom. The molecule has 2 saturated carbocycles. The van der Waals surface area contributed by atoms with Gasteiger partial charge in [0.15, 0.2) is 23.4 Å². The Kier molecular flexibility index (Phi) is 3.48. The van der Waals surface area contributed by atoms with Gasteiger partial charge in [-0.2, -0.15) is 0 Å². The highest BCUT2D eigenvalue weighted by molar-refractivity contribution is 5.90. The van der Waals surface area contributed by atoms with Crippen molar-refractivity contribution < 1.29 is 24.0 Å². The molecule has 3 fully saturated rings. The fourth-order valence-electron chi connectivity index (χ4n) is 7.01. The summed E-state index contributed by atoms with van der Waals surface area (Å²) in [5, 5.41) is 24.8. The van der Waals surface area contributed by atoms with Gasteiger partial charge in [-0.3, -0.25) is 4.79 Å². The molecule has 1 unspecified atom stereocenters. The zero-order valence-electron chi connectivity index (χ0n) is 16.6. The number of carbonyl (C=O) groups excluding carboxylic acids is 1. The van der Waals surface area contributed by atoms with E-state index in [1.165, 1.54) is 0 Å². The number of likely N-dealkylation sites (tertiary alicyclic amines) is 1. The quantitative estimate of drug-likeness (QED) is 0.470. The number of Topliss-reactive ketones (excluding diaryl/α,β-unsaturated/α-hetero) is 1. The lowest BCUT2D eigenvalue weighted by Crippen LogP contribution is -2.81. The molecule has 6 rings (SSSR count). The lowest BCUT2D eigenvalue weighted by molar-refractivity contribution is -0.924. The first kappa shape index (κ1) is 17.9. The maximum Gasteiger partial charge on any atom is 0.174 e. The van der Waals surface area contributed by atoms with Crippen LogP contribution in [0.5, 0.6) is 11.5 Å². The van der Waals surface area contributed by atoms with Gasteiger partial charge in [-0.05, 0) is 30.9 Å². The fraction of sp³-hybridized carbons (Fsp3) is 0.609. The SMILES string of the molecule is C=CCO[C@@]12CCC(=O)[C@@H]3Oc4c(O)ccc5c4[C@@]31CC[N+]([O-])(CC1CC1)[C@@H]2C5. The van der Waals surface area contributed by atoms with E-state index in [0.717, 1.165) is 24.0 Å². The minimum atomic E-state index is -0.763. The maximum absolute atomic E-state index is 14.3. The number of piperidine rings is 1. The molecule has 2 heterocycles. The molecule has 1 saturated heterocycles. The largest absolute Gasteiger partial charge is 0.632 e. The van der Waals surface area contributed by atoms with Gasteiger partial charge >= 0.3 is 0 Å². The average molecular weight is 397 g/mol. The molecular weight excluding hydrogens is 370 g/mol. The molecule has 154 valence electrons. The first-order chi connectivity index (χ1) is 14.0. The molecule has 2 bridgehead atoms. The van der Waals surface area contributed by atoms with Gasteiger partial charge in [0.2, 0.25) is 0 Å². The monoisotopic (exact) mass is 397 g/mol. The molecule has 6 nitrogen and oxygen atoms in total. The Labute approximate surface area is 170 Å². The summed E-state index contributed by atoms with van der Waals surface area (Å²) in [6, 6.07) is 3.29. The minimum absolute atomic E-state index is 0.0538. The first-order valence-electron chi connectivity index (χ1n) is 10.8. The van der Waals surface area contributed by atoms with E-state index in [2.05, 4.69) is 6.58 Å². The van der Waals surface area contributed by atoms with Crippen molar-refractivity contribution in [3.63, 3.8) is 0 Å². The summed E-state index contributed by atoms with van der Waals surface area (Å²) in [4.78, 5) is 13.0. The lowest BCUT2D eigenvalue weighted by Gasteiger charge is -2.68. The second kappa shape index (κ2) is 5.62. The summed E-state index contributed by atoms with van der Waals surface area (Å²) in [5.74, 6) is 1.07. The lowest BCUT2D eigenvalue weighted by atomic mass is 9.48. The van der Waals surface area contributed by atoms with Crippen LogP contribution in [-0.2, 0) is 21.4 Å². The van der Waals surface area contributed by atoms with Crippen LogP contribution >= 0.6 is 0 Å². The van der Waals surface area contributed by atoms with E-state index >= 15 is 0 Å². The molecule has 0 radical (unpaired) electrons. The molecule has 5 atom stereocenters. The maximum atomic E-state index is 14.3. The second-order valence-electron chi connectivity index (χ2n) is 9.64. The highest BCUT2D eigenvalue weighted by Gasteiger charge is 2.77. The predicted octanol–water partition coefficient (Wildman–Crippen LogP) is 2.75. The smallest absolute Gasteiger partial charge is 0.174 e. The number of quaternary nitrogens is 1. The molecule has 0 amide bonds. The number of carbonyl (C=O) groups is 1. The van der Waals surface area contributed by atoms with Gasteiger partial charge in [0.05, 0.1) is 25.1 Å². The molecule has 5 aliphatic rings. The van der Waals surface area contributed by atoms with Gasteiger partial charge in [0, 0.05) is 30.7 Å². The molecule has 29 heavy (non-hydrogen) atoms. The molecule has 6 heteroatoms. The van der Waals surface area contributed by atoms with Crippen LogP contribution in [0.2, 0.25) is 0 Å². The third-order valence-electron chi connectivity index (χ3n) is 8.27. The number of hydrogen-bond donors (Lipinski definition) is 1. The number of ether oxygens (including phenoxy) is 2. The van der Waals surface area contributed by atoms with E-state index in [-0.39, 0.29) is 22.2 Å². The zero-order valence-corrected chi connectivity index (χ0v) is 16.6. The number of hydroxylamine groups is 3. The molecule has 1 aromatic carbocycles. The van der Waals surface area contributed by atoms with Crippen LogP contribution in [0.15, 0.2) is 24.8 Å². The molecule has 0 aromatic heterocycles. The number of benzene rings is 1. The number of nitrogens with zero attached hydrogens (tertiary/aromatic N) is 1. The summed E-state index contributed by atoms with van der Waals surface area (Å²) >= 11 is 0. The van der Waals surface area contributed by atoms with E-state index in [1.807, 2.05) is 6.07 Å². The zero-order chi connectivity index (χ0) is 20.0. The minimum Gasteiger partial charge on any atom is -0.632 e. The van der Waals surface area contributed by atoms with Gasteiger partial charge in [-0.25, -0.2) is 0 Å². The summed E-state index contributed by atoms with van der Waals surface area (Å²) in [5.41, 5.74) is 0.508. The van der Waals surface area contributed by atoms with Crippen molar-refractivity contribution in [1.82, 2.24) is 0 Å². The summed E-state index contributed by atoms with van der Waals surface area (Å²) in [6.07, 6.45) is 5.35. The van der Waals surface area contributed by atoms with Crippen LogP contribution in [0.4, 0.5) is 0 Å². The van der Waals surface area contributed by atoms with Crippen LogP contribution in [0.25, 0.3) is 0 Å².